The number of hydrogen-bond acceptors (Lipinski definition) is 5. The summed E-state index contributed by atoms with van der Waals surface area (Å²) in [6, 6.07) is 4.16. The Balaban J connectivity index is 0.00000220. The fourth-order valence-corrected chi connectivity index (χ4v) is 4.00. The van der Waals surface area contributed by atoms with E-state index in [1.54, 1.807) is 0 Å². The van der Waals surface area contributed by atoms with E-state index >= 15 is 0 Å². The van der Waals surface area contributed by atoms with Gasteiger partial charge in [-0.05, 0) is 26.0 Å². The second kappa shape index (κ2) is 7.17. The minimum atomic E-state index is -3.68. The molecule has 0 atom stereocenters. The van der Waals surface area contributed by atoms with Crippen molar-refractivity contribution in [3.05, 3.63) is 33.9 Å². The van der Waals surface area contributed by atoms with E-state index in [-0.39, 0.29) is 28.6 Å². The van der Waals surface area contributed by atoms with Crippen molar-refractivity contribution in [2.75, 3.05) is 26.2 Å². The first kappa shape index (κ1) is 17.8. The Morgan fingerprint density at radius 2 is 2.00 bits per heavy atom. The molecule has 0 amide bonds. The van der Waals surface area contributed by atoms with Crippen LogP contribution in [0.4, 0.5) is 5.69 Å². The summed E-state index contributed by atoms with van der Waals surface area (Å²) in [6.45, 7) is 3.65. The summed E-state index contributed by atoms with van der Waals surface area (Å²) in [5.41, 5.74) is 0.0220. The Kier molecular flexibility index (Phi) is 6.09. The molecule has 0 aliphatic carbocycles. The van der Waals surface area contributed by atoms with Crippen molar-refractivity contribution < 1.29 is 13.3 Å². The van der Waals surface area contributed by atoms with Gasteiger partial charge >= 0.3 is 0 Å². The quantitative estimate of drug-likeness (QED) is 0.664. The van der Waals surface area contributed by atoms with E-state index in [0.717, 1.165) is 13.0 Å². The van der Waals surface area contributed by atoms with E-state index < -0.39 is 14.9 Å². The molecule has 0 unspecified atom stereocenters. The van der Waals surface area contributed by atoms with Gasteiger partial charge in [0.1, 0.15) is 0 Å². The van der Waals surface area contributed by atoms with Crippen LogP contribution in [-0.4, -0.2) is 43.8 Å². The highest BCUT2D eigenvalue weighted by Crippen LogP contribution is 2.27. The molecule has 1 aromatic rings. The van der Waals surface area contributed by atoms with E-state index in [1.165, 1.54) is 29.4 Å². The lowest BCUT2D eigenvalue weighted by molar-refractivity contribution is -0.385. The topological polar surface area (TPSA) is 92.5 Å². The highest BCUT2D eigenvalue weighted by atomic mass is 35.5. The van der Waals surface area contributed by atoms with Crippen LogP contribution >= 0.6 is 12.4 Å². The van der Waals surface area contributed by atoms with Gasteiger partial charge in [0, 0.05) is 31.3 Å². The van der Waals surface area contributed by atoms with Crippen LogP contribution in [0.5, 0.6) is 0 Å². The maximum atomic E-state index is 12.6. The van der Waals surface area contributed by atoms with Crippen molar-refractivity contribution >= 4 is 28.1 Å². The summed E-state index contributed by atoms with van der Waals surface area (Å²) in [4.78, 5) is 10.4. The maximum Gasteiger partial charge on any atom is 0.273 e. The lowest BCUT2D eigenvalue weighted by Crippen LogP contribution is -2.34. The van der Waals surface area contributed by atoms with Crippen molar-refractivity contribution in [2.24, 2.45) is 0 Å². The summed E-state index contributed by atoms with van der Waals surface area (Å²) in [7, 11) is -3.68. The smallest absolute Gasteiger partial charge is 0.273 e. The molecule has 1 aromatic carbocycles. The van der Waals surface area contributed by atoms with Gasteiger partial charge in [0.05, 0.1) is 9.82 Å². The van der Waals surface area contributed by atoms with Crippen LogP contribution in [-0.2, 0) is 10.0 Å². The zero-order chi connectivity index (χ0) is 14.8. The molecule has 0 saturated carbocycles. The zero-order valence-corrected chi connectivity index (χ0v) is 13.2. The number of nitrogens with zero attached hydrogens (tertiary/aromatic N) is 2. The molecule has 0 spiro atoms. The van der Waals surface area contributed by atoms with Crippen molar-refractivity contribution in [3.63, 3.8) is 0 Å². The van der Waals surface area contributed by atoms with Gasteiger partial charge < -0.3 is 5.32 Å². The molecule has 0 aromatic heterocycles. The van der Waals surface area contributed by atoms with Crippen molar-refractivity contribution in [2.45, 2.75) is 18.2 Å². The average Bonchev–Trinajstić information content (AvgIpc) is 2.67. The minimum Gasteiger partial charge on any atom is -0.315 e. The van der Waals surface area contributed by atoms with Gasteiger partial charge in [-0.1, -0.05) is 6.07 Å². The highest BCUT2D eigenvalue weighted by Gasteiger charge is 2.29. The lowest BCUT2D eigenvalue weighted by Gasteiger charge is -2.20. The molecule has 9 heteroatoms. The minimum absolute atomic E-state index is 0. The third-order valence-electron chi connectivity index (χ3n) is 3.37. The van der Waals surface area contributed by atoms with Gasteiger partial charge in [-0.2, -0.15) is 4.31 Å². The number of nitro benzene ring substituents is 1. The largest absolute Gasteiger partial charge is 0.315 e. The first-order chi connectivity index (χ1) is 9.44. The van der Waals surface area contributed by atoms with Crippen LogP contribution in [0.25, 0.3) is 0 Å². The van der Waals surface area contributed by atoms with Gasteiger partial charge in [-0.15, -0.1) is 12.4 Å². The molecule has 2 rings (SSSR count). The van der Waals surface area contributed by atoms with E-state index in [1.807, 2.05) is 0 Å². The maximum absolute atomic E-state index is 12.6. The second-order valence-electron chi connectivity index (χ2n) is 4.67. The Morgan fingerprint density at radius 3 is 2.67 bits per heavy atom. The molecule has 1 saturated heterocycles. The number of nitrogens with one attached hydrogen (secondary N) is 1. The first-order valence-corrected chi connectivity index (χ1v) is 7.83. The Hall–Kier alpha value is -1.22. The van der Waals surface area contributed by atoms with Gasteiger partial charge in [-0.25, -0.2) is 8.42 Å². The monoisotopic (exact) mass is 335 g/mol. The molecule has 1 N–H and O–H groups in total. The molecule has 1 fully saturated rings. The average molecular weight is 336 g/mol. The predicted molar refractivity (Wildman–Crippen MR) is 81.3 cm³/mol. The third kappa shape index (κ3) is 3.70. The van der Waals surface area contributed by atoms with Gasteiger partial charge in [0.2, 0.25) is 10.0 Å². The number of nitro groups is 1. The van der Waals surface area contributed by atoms with Crippen LogP contribution < -0.4 is 5.32 Å². The number of halogens is 1. The van der Waals surface area contributed by atoms with Crippen LogP contribution in [0, 0.1) is 17.0 Å². The molecule has 7 nitrogen and oxygen atoms in total. The number of hydrogen-bond donors (Lipinski definition) is 1. The van der Waals surface area contributed by atoms with E-state index in [0.29, 0.717) is 19.6 Å². The summed E-state index contributed by atoms with van der Waals surface area (Å²) >= 11 is 0. The van der Waals surface area contributed by atoms with Crippen molar-refractivity contribution in [1.82, 2.24) is 9.62 Å². The zero-order valence-electron chi connectivity index (χ0n) is 11.6. The fraction of sp³-hybridized carbons (Fsp3) is 0.500. The van der Waals surface area contributed by atoms with Gasteiger partial charge in [0.15, 0.2) is 0 Å². The van der Waals surface area contributed by atoms with E-state index in [4.69, 9.17) is 0 Å². The van der Waals surface area contributed by atoms with E-state index in [9.17, 15) is 18.5 Å². The molecule has 0 radical (unpaired) electrons. The normalized spacial score (nSPS) is 16.8. The highest BCUT2D eigenvalue weighted by molar-refractivity contribution is 7.89. The summed E-state index contributed by atoms with van der Waals surface area (Å²) < 4.78 is 26.6. The molecule has 1 aliphatic heterocycles. The van der Waals surface area contributed by atoms with Gasteiger partial charge in [-0.3, -0.25) is 10.1 Å². The predicted octanol–water partition coefficient (Wildman–Crippen LogP) is 1.31. The molecular formula is C12H18ClN3O4S. The Labute approximate surface area is 129 Å². The number of rotatable bonds is 3. The number of benzene rings is 1. The third-order valence-corrected chi connectivity index (χ3v) is 5.41. The van der Waals surface area contributed by atoms with Crippen LogP contribution in [0.15, 0.2) is 23.1 Å². The van der Waals surface area contributed by atoms with Gasteiger partial charge in [0.25, 0.3) is 5.69 Å². The van der Waals surface area contributed by atoms with Crippen LogP contribution in [0.1, 0.15) is 12.0 Å². The van der Waals surface area contributed by atoms with E-state index in [2.05, 4.69) is 5.32 Å². The second-order valence-corrected chi connectivity index (χ2v) is 6.57. The SMILES string of the molecule is Cc1c([N+](=O)[O-])cccc1S(=O)(=O)N1CCCNCC1.Cl. The summed E-state index contributed by atoms with van der Waals surface area (Å²) in [5.74, 6) is 0. The van der Waals surface area contributed by atoms with Crippen molar-refractivity contribution in [3.8, 4) is 0 Å². The molecule has 118 valence electrons. The molecule has 21 heavy (non-hydrogen) atoms. The van der Waals surface area contributed by atoms with Crippen LogP contribution in [0.3, 0.4) is 0 Å². The summed E-state index contributed by atoms with van der Waals surface area (Å²) in [5, 5.41) is 14.1. The molecular weight excluding hydrogens is 318 g/mol. The first-order valence-electron chi connectivity index (χ1n) is 6.39. The van der Waals surface area contributed by atoms with Crippen LogP contribution in [0.2, 0.25) is 0 Å². The fourth-order valence-electron chi connectivity index (χ4n) is 2.28. The standard InChI is InChI=1S/C12H17N3O4S.ClH/c1-10-11(15(16)17)4-2-5-12(10)20(18,19)14-8-3-6-13-7-9-14;/h2,4-5,13H,3,6-9H2,1H3;1H. The van der Waals surface area contributed by atoms with Crippen molar-refractivity contribution in [1.29, 1.82) is 0 Å². The summed E-state index contributed by atoms with van der Waals surface area (Å²) in [6.07, 6.45) is 0.729. The lowest BCUT2D eigenvalue weighted by atomic mass is 10.2. The number of sulfonamides is 1. The Morgan fingerprint density at radius 1 is 1.29 bits per heavy atom. The molecule has 1 aliphatic rings. The molecule has 1 heterocycles. The Bertz CT molecular complexity index is 613. The molecule has 0 bridgehead atoms.